The SMILES string of the molecule is COC(=O)NC(C(=O)N1C[C@@H](COC(F)F)C[C@H]1C1=Nc2ccc3cc4c(cc3c2C1)OCc1cc(-c2cnc([C@@H]3CC[C@H](C)N3C(=O)[C@@H](NC(=O)OC)C(C)C)[nH]2)ccc1-4)C(C)C.C[C@H]1CC[C@@H](c2ncc(-c3ccc4c(c3)COc3cc5c6c(ccc5cc3-4)N=C([C@@H]3C[C@H](COC(F)F)CN3C(=O)OC(C)(C)C)C6)[nH]2)C1. The highest BCUT2D eigenvalue weighted by Crippen LogP contribution is 2.49. The summed E-state index contributed by atoms with van der Waals surface area (Å²) < 4.78 is 89.4. The van der Waals surface area contributed by atoms with Gasteiger partial charge in [0.05, 0.1) is 80.7 Å². The molecule has 16 rings (SSSR count). The number of imidazole rings is 2. The lowest BCUT2D eigenvalue weighted by molar-refractivity contribution is -0.139. The van der Waals surface area contributed by atoms with Crippen LogP contribution in [0.25, 0.3) is 66.3 Å². The number of carbonyl (C=O) groups is 5. The molecule has 4 fully saturated rings. The minimum Gasteiger partial charge on any atom is -0.488 e. The maximum Gasteiger partial charge on any atom is 0.410 e. The summed E-state index contributed by atoms with van der Waals surface area (Å²) >= 11 is 0. The van der Waals surface area contributed by atoms with Crippen LogP contribution in [0.5, 0.6) is 11.5 Å². The molecule has 1 aliphatic carbocycles. The van der Waals surface area contributed by atoms with Crippen LogP contribution in [0.3, 0.4) is 0 Å². The van der Waals surface area contributed by atoms with Gasteiger partial charge in [-0.05, 0) is 205 Å². The van der Waals surface area contributed by atoms with E-state index < -0.39 is 55.2 Å². The highest BCUT2D eigenvalue weighted by Gasteiger charge is 2.46. The summed E-state index contributed by atoms with van der Waals surface area (Å²) in [5, 5.41) is 9.46. The number of likely N-dealkylation sites (tertiary alicyclic amines) is 3. The Labute approximate surface area is 653 Å². The monoisotopic (exact) mass is 1550 g/mol. The molecule has 0 radical (unpaired) electrons. The molecule has 113 heavy (non-hydrogen) atoms. The molecule has 23 nitrogen and oxygen atoms in total. The van der Waals surface area contributed by atoms with Gasteiger partial charge in [-0.25, -0.2) is 24.4 Å². The zero-order chi connectivity index (χ0) is 79.6. The van der Waals surface area contributed by atoms with Crippen LogP contribution in [0, 0.1) is 29.6 Å². The number of nitrogens with zero attached hydrogens (tertiary/aromatic N) is 7. The number of carbonyl (C=O) groups excluding carboxylic acids is 5. The molecule has 1 saturated carbocycles. The Morgan fingerprint density at radius 3 is 1.56 bits per heavy atom. The van der Waals surface area contributed by atoms with E-state index in [9.17, 15) is 41.5 Å². The third kappa shape index (κ3) is 16.0. The Bertz CT molecular complexity index is 5070. The minimum atomic E-state index is -2.93. The molecule has 27 heteroatoms. The van der Waals surface area contributed by atoms with Gasteiger partial charge in [-0.3, -0.25) is 24.5 Å². The number of H-pyrrole nitrogens is 2. The third-order valence-corrected chi connectivity index (χ3v) is 23.5. The van der Waals surface area contributed by atoms with Crippen molar-refractivity contribution in [2.24, 2.45) is 39.6 Å². The minimum absolute atomic E-state index is 0.0381. The van der Waals surface area contributed by atoms with E-state index in [1.54, 1.807) is 16.0 Å². The first-order valence-corrected chi connectivity index (χ1v) is 39.2. The summed E-state index contributed by atoms with van der Waals surface area (Å²) in [5.41, 5.74) is 14.8. The molecule has 2 aromatic heterocycles. The van der Waals surface area contributed by atoms with Crippen LogP contribution in [-0.2, 0) is 59.3 Å². The van der Waals surface area contributed by atoms with Crippen molar-refractivity contribution < 1.29 is 74.7 Å². The van der Waals surface area contributed by atoms with Crippen molar-refractivity contribution >= 4 is 74.4 Å². The van der Waals surface area contributed by atoms with Gasteiger partial charge in [0.25, 0.3) is 0 Å². The van der Waals surface area contributed by atoms with E-state index in [2.05, 4.69) is 86.9 Å². The fraction of sp³-hybridized carbons (Fsp3) is 0.477. The van der Waals surface area contributed by atoms with E-state index in [0.29, 0.717) is 50.6 Å². The summed E-state index contributed by atoms with van der Waals surface area (Å²) in [6, 6.07) is 26.5. The molecule has 4 N–H and O–H groups in total. The lowest BCUT2D eigenvalue weighted by Gasteiger charge is -2.32. The molecular formula is C86H97F4N11O12. The predicted molar refractivity (Wildman–Crippen MR) is 419 cm³/mol. The van der Waals surface area contributed by atoms with Gasteiger partial charge in [0, 0.05) is 72.3 Å². The van der Waals surface area contributed by atoms with Gasteiger partial charge in [0.2, 0.25) is 11.8 Å². The summed E-state index contributed by atoms with van der Waals surface area (Å²) in [6.07, 6.45) is 8.92. The number of nitrogens with one attached hydrogen (secondary N) is 4. The van der Waals surface area contributed by atoms with Gasteiger partial charge in [-0.15, -0.1) is 0 Å². The predicted octanol–water partition coefficient (Wildman–Crippen LogP) is 16.9. The number of aliphatic imine (C=N–C) groups is 2. The van der Waals surface area contributed by atoms with Gasteiger partial charge in [0.15, 0.2) is 0 Å². The Morgan fingerprint density at radius 2 is 1.07 bits per heavy atom. The topological polar surface area (TPSA) is 266 Å². The molecule has 596 valence electrons. The second kappa shape index (κ2) is 31.9. The van der Waals surface area contributed by atoms with E-state index >= 15 is 0 Å². The van der Waals surface area contributed by atoms with Gasteiger partial charge >= 0.3 is 31.5 Å². The number of hydrogen-bond acceptors (Lipinski definition) is 16. The number of fused-ring (bicyclic) bond motifs is 12. The molecule has 6 aromatic carbocycles. The van der Waals surface area contributed by atoms with Crippen LogP contribution in [0.2, 0.25) is 0 Å². The number of hydrogen-bond donors (Lipinski definition) is 4. The molecular weight excluding hydrogens is 1460 g/mol. The number of alkyl halides is 4. The number of alkyl carbamates (subject to hydrolysis) is 2. The summed E-state index contributed by atoms with van der Waals surface area (Å²) in [7, 11) is 2.51. The molecule has 9 heterocycles. The van der Waals surface area contributed by atoms with Gasteiger partial charge in [-0.1, -0.05) is 71.0 Å². The average molecular weight is 1550 g/mol. The van der Waals surface area contributed by atoms with E-state index in [1.807, 2.05) is 96.8 Å². The zero-order valence-corrected chi connectivity index (χ0v) is 65.5. The molecule has 0 bridgehead atoms. The Morgan fingerprint density at radius 1 is 0.575 bits per heavy atom. The van der Waals surface area contributed by atoms with Crippen LogP contribution < -0.4 is 20.1 Å². The quantitative estimate of drug-likeness (QED) is 0.0460. The molecule has 1 unspecified atom stereocenters. The van der Waals surface area contributed by atoms with Gasteiger partial charge in [-0.2, -0.15) is 17.6 Å². The van der Waals surface area contributed by atoms with E-state index in [0.717, 1.165) is 147 Å². The first-order valence-electron chi connectivity index (χ1n) is 39.2. The third-order valence-electron chi connectivity index (χ3n) is 23.5. The summed E-state index contributed by atoms with van der Waals surface area (Å²) in [4.78, 5) is 97.2. The van der Waals surface area contributed by atoms with E-state index in [4.69, 9.17) is 48.4 Å². The van der Waals surface area contributed by atoms with E-state index in [1.165, 1.54) is 33.5 Å². The molecule has 3 saturated heterocycles. The van der Waals surface area contributed by atoms with Crippen molar-refractivity contribution in [3.63, 3.8) is 0 Å². The fourth-order valence-electron chi connectivity index (χ4n) is 17.8. The summed E-state index contributed by atoms with van der Waals surface area (Å²) in [6.45, 7) is 12.3. The highest BCUT2D eigenvalue weighted by atomic mass is 19.3. The van der Waals surface area contributed by atoms with Crippen LogP contribution in [0.1, 0.15) is 153 Å². The van der Waals surface area contributed by atoms with Crippen LogP contribution >= 0.6 is 0 Å². The average Bonchev–Trinajstić information content (AvgIpc) is 1.72. The number of aromatic nitrogens is 4. The highest BCUT2D eigenvalue weighted by molar-refractivity contribution is 6.08. The standard InChI is InChI=1S/C47H55F2N7O8.C39H42F2N4O4/c1-23(2)40(53-46(59)61-6)43(57)55-20-26(21-64-45(48)49)14-38(55)35-17-32-31-18-39-33(16-27(31)10-12-34(32)51-35)30-11-9-28(15-29(30)22-63-39)36-19-50-42(52-36)37-13-8-25(5)56(37)44(58)41(24(3)4)54-47(60)62-7;1-21-5-6-25(11-21)36-42-17-33(44-36)24-7-9-27-26(13-24)20-47-35-16-28-23(14-30(27)35)8-10-31-29(28)15-32(43-31)34-12-22(19-48-37(40)41)18-45(34)38(46)49-39(2,3)4/h9-12,15-16,18-19,23-26,37-38,40-41,45H,8,13-14,17,20-22H2,1-7H3,(H,50,52)(H,53,59)(H,54,60);7-10,13-14,16-17,21-22,25,34,37H,5-6,11-12,15,18-20H2,1-4H3,(H,42,44)/t25-,26-,37-,38-,40?,41-;21-,22-,25+,34-/m00/s1. The maximum atomic E-state index is 14.1. The normalized spacial score (nSPS) is 21.9. The van der Waals surface area contributed by atoms with Crippen molar-refractivity contribution in [2.45, 2.75) is 194 Å². The number of aromatic amines is 2. The van der Waals surface area contributed by atoms with Crippen molar-refractivity contribution in [3.05, 3.63) is 131 Å². The lowest BCUT2D eigenvalue weighted by atomic mass is 9.90. The smallest absolute Gasteiger partial charge is 0.410 e. The first kappa shape index (κ1) is 77.9. The Balaban J connectivity index is 0.000000184. The molecule has 7 aliphatic heterocycles. The second-order valence-electron chi connectivity index (χ2n) is 33.1. The lowest BCUT2D eigenvalue weighted by Crippen LogP contribution is -2.53. The Kier molecular flexibility index (Phi) is 22.0. The molecule has 0 spiro atoms. The van der Waals surface area contributed by atoms with Crippen molar-refractivity contribution in [2.75, 3.05) is 40.5 Å². The summed E-state index contributed by atoms with van der Waals surface area (Å²) in [5.74, 6) is 3.08. The van der Waals surface area contributed by atoms with Crippen molar-refractivity contribution in [1.82, 2.24) is 45.3 Å². The van der Waals surface area contributed by atoms with Crippen LogP contribution in [-0.4, -0.2) is 166 Å². The van der Waals surface area contributed by atoms with Crippen molar-refractivity contribution in [3.8, 4) is 56.3 Å². The van der Waals surface area contributed by atoms with E-state index in [-0.39, 0.29) is 79.9 Å². The first-order chi connectivity index (χ1) is 54.1. The fourth-order valence-corrected chi connectivity index (χ4v) is 17.8. The Hall–Kier alpha value is -10.4. The second-order valence-corrected chi connectivity index (χ2v) is 33.1. The molecule has 10 atom stereocenters. The van der Waals surface area contributed by atoms with Gasteiger partial charge in [0.1, 0.15) is 54.0 Å². The molecule has 8 aliphatic rings. The van der Waals surface area contributed by atoms with Gasteiger partial charge < -0.3 is 63.6 Å². The maximum absolute atomic E-state index is 14.1. The number of ether oxygens (including phenoxy) is 7. The number of halogens is 4. The number of benzene rings is 6. The molecule has 5 amide bonds. The van der Waals surface area contributed by atoms with Crippen LogP contribution in [0.15, 0.2) is 107 Å². The number of rotatable bonds is 18. The number of amides is 5. The van der Waals surface area contributed by atoms with Crippen LogP contribution in [0.4, 0.5) is 43.3 Å². The number of methoxy groups -OCH3 is 2. The van der Waals surface area contributed by atoms with Crippen molar-refractivity contribution in [1.29, 1.82) is 0 Å². The largest absolute Gasteiger partial charge is 0.488 e. The molecule has 8 aromatic rings. The zero-order valence-electron chi connectivity index (χ0n) is 65.5.